The Balaban J connectivity index is 2.38. The van der Waals surface area contributed by atoms with Gasteiger partial charge in [-0.3, -0.25) is 0 Å². The number of rotatable bonds is 1. The molecule has 0 saturated carbocycles. The first kappa shape index (κ1) is 10.3. The van der Waals surface area contributed by atoms with Crippen LogP contribution in [0.15, 0.2) is 0 Å². The minimum Gasteiger partial charge on any atom is -0.333 e. The molecule has 0 aromatic carbocycles. The molecule has 1 aliphatic heterocycles. The van der Waals surface area contributed by atoms with Crippen molar-refractivity contribution in [3.8, 4) is 0 Å². The summed E-state index contributed by atoms with van der Waals surface area (Å²) in [5.74, 6) is 0. The number of carbonyl (C=O) groups is 1. The highest BCUT2D eigenvalue weighted by Gasteiger charge is 2.26. The van der Waals surface area contributed by atoms with Crippen molar-refractivity contribution in [3.63, 3.8) is 0 Å². The van der Waals surface area contributed by atoms with Crippen LogP contribution in [0.3, 0.4) is 0 Å². The van der Waals surface area contributed by atoms with Crippen LogP contribution in [0.25, 0.3) is 0 Å². The minimum absolute atomic E-state index is 0.0130. The van der Waals surface area contributed by atoms with E-state index in [2.05, 4.69) is 10.6 Å². The lowest BCUT2D eigenvalue weighted by atomic mass is 10.1. The molecule has 2 N–H and O–H groups in total. The van der Waals surface area contributed by atoms with E-state index in [-0.39, 0.29) is 11.6 Å². The molecule has 2 amide bonds. The average molecular weight is 185 g/mol. The highest BCUT2D eigenvalue weighted by molar-refractivity contribution is 5.75. The molecule has 0 aromatic rings. The predicted molar refractivity (Wildman–Crippen MR) is 52.7 cm³/mol. The van der Waals surface area contributed by atoms with E-state index in [4.69, 9.17) is 0 Å². The predicted octanol–water partition coefficient (Wildman–Crippen LogP) is 0.398. The summed E-state index contributed by atoms with van der Waals surface area (Å²) in [7, 11) is 1.84. The normalized spacial score (nSPS) is 17.8. The van der Waals surface area contributed by atoms with E-state index < -0.39 is 0 Å². The van der Waals surface area contributed by atoms with E-state index in [0.29, 0.717) is 6.04 Å². The summed E-state index contributed by atoms with van der Waals surface area (Å²) < 4.78 is 0. The number of amides is 2. The Bertz CT molecular complexity index is 194. The molecule has 1 heterocycles. The Labute approximate surface area is 79.7 Å². The van der Waals surface area contributed by atoms with Crippen molar-refractivity contribution >= 4 is 6.03 Å². The number of hydrogen-bond acceptors (Lipinski definition) is 2. The van der Waals surface area contributed by atoms with Gasteiger partial charge in [0.1, 0.15) is 0 Å². The van der Waals surface area contributed by atoms with Crippen molar-refractivity contribution in [1.82, 2.24) is 15.5 Å². The largest absolute Gasteiger partial charge is 0.333 e. The van der Waals surface area contributed by atoms with E-state index >= 15 is 0 Å². The first-order valence-electron chi connectivity index (χ1n) is 4.66. The Morgan fingerprint density at radius 1 is 1.46 bits per heavy atom. The maximum absolute atomic E-state index is 11.6. The van der Waals surface area contributed by atoms with Crippen LogP contribution in [0.4, 0.5) is 4.79 Å². The second-order valence-corrected chi connectivity index (χ2v) is 4.60. The monoisotopic (exact) mass is 185 g/mol. The lowest BCUT2D eigenvalue weighted by Crippen LogP contribution is -2.60. The summed E-state index contributed by atoms with van der Waals surface area (Å²) in [6.45, 7) is 7.77. The Kier molecular flexibility index (Phi) is 2.81. The van der Waals surface area contributed by atoms with E-state index in [1.54, 1.807) is 4.90 Å². The second kappa shape index (κ2) is 3.54. The fourth-order valence-corrected chi connectivity index (χ4v) is 1.12. The molecule has 0 spiro atoms. The number of urea groups is 1. The molecule has 1 fully saturated rings. The van der Waals surface area contributed by atoms with Crippen LogP contribution in [-0.4, -0.2) is 42.6 Å². The second-order valence-electron chi connectivity index (χ2n) is 4.60. The van der Waals surface area contributed by atoms with Crippen LogP contribution in [0.2, 0.25) is 0 Å². The summed E-state index contributed by atoms with van der Waals surface area (Å²) in [5.41, 5.74) is -0.150. The number of carbonyl (C=O) groups excluding carboxylic acids is 1. The van der Waals surface area contributed by atoms with Gasteiger partial charge in [-0.05, 0) is 20.8 Å². The average Bonchev–Trinajstić information content (AvgIpc) is 1.78. The molecule has 1 aliphatic rings. The van der Waals surface area contributed by atoms with E-state index in [9.17, 15) is 4.79 Å². The Morgan fingerprint density at radius 2 is 2.00 bits per heavy atom. The van der Waals surface area contributed by atoms with Crippen molar-refractivity contribution < 1.29 is 4.79 Å². The zero-order valence-corrected chi connectivity index (χ0v) is 8.85. The molecule has 0 unspecified atom stereocenters. The zero-order valence-electron chi connectivity index (χ0n) is 8.85. The summed E-state index contributed by atoms with van der Waals surface area (Å²) in [5, 5.41) is 6.07. The van der Waals surface area contributed by atoms with Crippen molar-refractivity contribution in [2.24, 2.45) is 0 Å². The van der Waals surface area contributed by atoms with Crippen LogP contribution in [0.5, 0.6) is 0 Å². The van der Waals surface area contributed by atoms with Crippen molar-refractivity contribution in [2.75, 3.05) is 20.1 Å². The van der Waals surface area contributed by atoms with Crippen molar-refractivity contribution in [3.05, 3.63) is 0 Å². The summed E-state index contributed by atoms with van der Waals surface area (Å²) in [6, 6.07) is 0.376. The van der Waals surface area contributed by atoms with Gasteiger partial charge in [-0.15, -0.1) is 0 Å². The molecule has 0 bridgehead atoms. The maximum Gasteiger partial charge on any atom is 0.317 e. The van der Waals surface area contributed by atoms with Gasteiger partial charge in [-0.1, -0.05) is 0 Å². The van der Waals surface area contributed by atoms with Gasteiger partial charge in [0, 0.05) is 25.7 Å². The first-order valence-corrected chi connectivity index (χ1v) is 4.66. The lowest BCUT2D eigenvalue weighted by molar-refractivity contribution is 0.161. The quantitative estimate of drug-likeness (QED) is 0.621. The standard InChI is InChI=1S/C9H19N3O/c1-9(2,3)11-8(13)12(4)7-5-10-6-7/h7,10H,5-6H2,1-4H3,(H,11,13). The van der Waals surface area contributed by atoms with Gasteiger partial charge in [0.05, 0.1) is 6.04 Å². The molecule has 13 heavy (non-hydrogen) atoms. The molecule has 0 atom stereocenters. The fourth-order valence-electron chi connectivity index (χ4n) is 1.12. The Hall–Kier alpha value is -0.770. The summed E-state index contributed by atoms with van der Waals surface area (Å²) in [6.07, 6.45) is 0. The third kappa shape index (κ3) is 2.88. The summed E-state index contributed by atoms with van der Waals surface area (Å²) >= 11 is 0. The maximum atomic E-state index is 11.6. The molecule has 4 heteroatoms. The topological polar surface area (TPSA) is 44.4 Å². The first-order chi connectivity index (χ1) is 5.90. The van der Waals surface area contributed by atoms with Crippen LogP contribution in [-0.2, 0) is 0 Å². The highest BCUT2D eigenvalue weighted by atomic mass is 16.2. The molecule has 1 rings (SSSR count). The zero-order chi connectivity index (χ0) is 10.1. The van der Waals surface area contributed by atoms with Crippen molar-refractivity contribution in [2.45, 2.75) is 32.4 Å². The van der Waals surface area contributed by atoms with Gasteiger partial charge in [0.2, 0.25) is 0 Å². The van der Waals surface area contributed by atoms with Crippen LogP contribution >= 0.6 is 0 Å². The number of nitrogens with zero attached hydrogens (tertiary/aromatic N) is 1. The smallest absolute Gasteiger partial charge is 0.317 e. The van der Waals surface area contributed by atoms with E-state index in [1.807, 2.05) is 27.8 Å². The molecule has 1 saturated heterocycles. The minimum atomic E-state index is -0.150. The van der Waals surface area contributed by atoms with Crippen LogP contribution in [0.1, 0.15) is 20.8 Å². The van der Waals surface area contributed by atoms with Gasteiger partial charge >= 0.3 is 6.03 Å². The third-order valence-electron chi connectivity index (χ3n) is 2.11. The third-order valence-corrected chi connectivity index (χ3v) is 2.11. The van der Waals surface area contributed by atoms with Crippen LogP contribution in [0, 0.1) is 0 Å². The molecule has 0 radical (unpaired) electrons. The van der Waals surface area contributed by atoms with Gasteiger partial charge in [0.25, 0.3) is 0 Å². The van der Waals surface area contributed by atoms with Gasteiger partial charge in [-0.25, -0.2) is 4.79 Å². The van der Waals surface area contributed by atoms with Gasteiger partial charge < -0.3 is 15.5 Å². The SMILES string of the molecule is CN(C(=O)NC(C)(C)C)C1CNC1. The molecule has 76 valence electrons. The fraction of sp³-hybridized carbons (Fsp3) is 0.889. The number of likely N-dealkylation sites (N-methyl/N-ethyl adjacent to an activating group) is 1. The van der Waals surface area contributed by atoms with E-state index in [1.165, 1.54) is 0 Å². The molecule has 0 aliphatic carbocycles. The van der Waals surface area contributed by atoms with Crippen molar-refractivity contribution in [1.29, 1.82) is 0 Å². The van der Waals surface area contributed by atoms with Gasteiger partial charge in [0.15, 0.2) is 0 Å². The van der Waals surface area contributed by atoms with E-state index in [0.717, 1.165) is 13.1 Å². The summed E-state index contributed by atoms with van der Waals surface area (Å²) in [4.78, 5) is 13.3. The number of nitrogens with one attached hydrogen (secondary N) is 2. The number of hydrogen-bond donors (Lipinski definition) is 2. The Morgan fingerprint density at radius 3 is 2.31 bits per heavy atom. The molecule has 4 nitrogen and oxygen atoms in total. The highest BCUT2D eigenvalue weighted by Crippen LogP contribution is 2.05. The molecular formula is C9H19N3O. The van der Waals surface area contributed by atoms with Gasteiger partial charge in [-0.2, -0.15) is 0 Å². The van der Waals surface area contributed by atoms with Crippen LogP contribution < -0.4 is 10.6 Å². The molecule has 0 aromatic heterocycles. The lowest BCUT2D eigenvalue weighted by Gasteiger charge is -2.37. The molecular weight excluding hydrogens is 166 g/mol.